The van der Waals surface area contributed by atoms with Crippen LogP contribution in [0, 0.1) is 11.6 Å². The number of benzene rings is 1. The molecule has 0 fully saturated rings. The molecule has 0 amide bonds. The molecule has 3 nitrogen and oxygen atoms in total. The number of hydrogen-bond donors (Lipinski definition) is 1. The van der Waals surface area contributed by atoms with Gasteiger partial charge < -0.3 is 15.4 Å². The summed E-state index contributed by atoms with van der Waals surface area (Å²) < 4.78 is 31.5. The second kappa shape index (κ2) is 7.41. The SMILES string of the molecule is COCCCN(C)CC(N)c1cccc(F)c1F. The van der Waals surface area contributed by atoms with Gasteiger partial charge in [-0.25, -0.2) is 8.78 Å². The van der Waals surface area contributed by atoms with Gasteiger partial charge in [-0.2, -0.15) is 0 Å². The maximum Gasteiger partial charge on any atom is 0.163 e. The summed E-state index contributed by atoms with van der Waals surface area (Å²) in [7, 11) is 3.54. The highest BCUT2D eigenvalue weighted by atomic mass is 19.2. The number of ether oxygens (including phenoxy) is 1. The van der Waals surface area contributed by atoms with E-state index >= 15 is 0 Å². The highest BCUT2D eigenvalue weighted by Crippen LogP contribution is 2.18. The summed E-state index contributed by atoms with van der Waals surface area (Å²) in [5.74, 6) is -1.71. The van der Waals surface area contributed by atoms with Gasteiger partial charge in [0.15, 0.2) is 11.6 Å². The van der Waals surface area contributed by atoms with Crippen molar-refractivity contribution in [2.24, 2.45) is 5.73 Å². The van der Waals surface area contributed by atoms with Crippen LogP contribution >= 0.6 is 0 Å². The molecule has 18 heavy (non-hydrogen) atoms. The van der Waals surface area contributed by atoms with Crippen LogP contribution in [-0.2, 0) is 4.74 Å². The van der Waals surface area contributed by atoms with E-state index < -0.39 is 17.7 Å². The van der Waals surface area contributed by atoms with Crippen molar-refractivity contribution in [2.45, 2.75) is 12.5 Å². The molecule has 0 aliphatic rings. The molecule has 0 aliphatic carbocycles. The topological polar surface area (TPSA) is 38.5 Å². The third-order valence-corrected chi connectivity index (χ3v) is 2.78. The summed E-state index contributed by atoms with van der Waals surface area (Å²) >= 11 is 0. The Morgan fingerprint density at radius 2 is 2.11 bits per heavy atom. The van der Waals surface area contributed by atoms with Gasteiger partial charge >= 0.3 is 0 Å². The molecule has 0 spiro atoms. The normalized spacial score (nSPS) is 13.0. The Hall–Kier alpha value is -1.04. The van der Waals surface area contributed by atoms with E-state index in [-0.39, 0.29) is 5.56 Å². The Balaban J connectivity index is 2.54. The first kappa shape index (κ1) is 15.0. The monoisotopic (exact) mass is 258 g/mol. The summed E-state index contributed by atoms with van der Waals surface area (Å²) in [5.41, 5.74) is 6.11. The third-order valence-electron chi connectivity index (χ3n) is 2.78. The number of rotatable bonds is 7. The zero-order chi connectivity index (χ0) is 13.5. The van der Waals surface area contributed by atoms with Gasteiger partial charge in [0.1, 0.15) is 0 Å². The minimum Gasteiger partial charge on any atom is -0.385 e. The van der Waals surface area contributed by atoms with Crippen molar-refractivity contribution in [2.75, 3.05) is 33.9 Å². The molecule has 1 aromatic rings. The molecule has 0 radical (unpaired) electrons. The molecule has 1 unspecified atom stereocenters. The fourth-order valence-corrected chi connectivity index (χ4v) is 1.81. The average Bonchev–Trinajstić information content (AvgIpc) is 2.32. The number of nitrogens with two attached hydrogens (primary N) is 1. The van der Waals surface area contributed by atoms with Crippen molar-refractivity contribution in [3.05, 3.63) is 35.4 Å². The highest BCUT2D eigenvalue weighted by Gasteiger charge is 2.15. The smallest absolute Gasteiger partial charge is 0.163 e. The summed E-state index contributed by atoms with van der Waals surface area (Å²) in [6.45, 7) is 1.95. The van der Waals surface area contributed by atoms with E-state index in [0.29, 0.717) is 13.2 Å². The van der Waals surface area contributed by atoms with Crippen molar-refractivity contribution < 1.29 is 13.5 Å². The Kier molecular flexibility index (Phi) is 6.18. The van der Waals surface area contributed by atoms with Crippen LogP contribution in [0.1, 0.15) is 18.0 Å². The lowest BCUT2D eigenvalue weighted by atomic mass is 10.1. The molecule has 0 bridgehead atoms. The second-order valence-corrected chi connectivity index (χ2v) is 4.36. The number of methoxy groups -OCH3 is 1. The molecular weight excluding hydrogens is 238 g/mol. The number of likely N-dealkylation sites (N-methyl/N-ethyl adjacent to an activating group) is 1. The van der Waals surface area contributed by atoms with Crippen molar-refractivity contribution in [3.63, 3.8) is 0 Å². The van der Waals surface area contributed by atoms with Crippen LogP contribution < -0.4 is 5.73 Å². The highest BCUT2D eigenvalue weighted by molar-refractivity contribution is 5.22. The predicted molar refractivity (Wildman–Crippen MR) is 67.3 cm³/mol. The first-order valence-corrected chi connectivity index (χ1v) is 5.93. The average molecular weight is 258 g/mol. The van der Waals surface area contributed by atoms with E-state index in [1.807, 2.05) is 11.9 Å². The Morgan fingerprint density at radius 3 is 2.78 bits per heavy atom. The van der Waals surface area contributed by atoms with Crippen molar-refractivity contribution in [1.82, 2.24) is 4.90 Å². The minimum atomic E-state index is -0.856. The van der Waals surface area contributed by atoms with Gasteiger partial charge in [-0.05, 0) is 19.5 Å². The summed E-state index contributed by atoms with van der Waals surface area (Å²) in [5, 5.41) is 0. The van der Waals surface area contributed by atoms with Gasteiger partial charge in [0.25, 0.3) is 0 Å². The van der Waals surface area contributed by atoms with Crippen LogP contribution in [0.25, 0.3) is 0 Å². The number of halogens is 2. The maximum absolute atomic E-state index is 13.5. The molecule has 1 aromatic carbocycles. The maximum atomic E-state index is 13.5. The minimum absolute atomic E-state index is 0.216. The molecule has 2 N–H and O–H groups in total. The summed E-state index contributed by atoms with van der Waals surface area (Å²) in [6, 6.07) is 3.55. The summed E-state index contributed by atoms with van der Waals surface area (Å²) in [4.78, 5) is 1.98. The molecule has 1 rings (SSSR count). The van der Waals surface area contributed by atoms with Crippen molar-refractivity contribution in [3.8, 4) is 0 Å². The lowest BCUT2D eigenvalue weighted by Gasteiger charge is -2.21. The fraction of sp³-hybridized carbons (Fsp3) is 0.538. The number of nitrogens with zero attached hydrogens (tertiary/aromatic N) is 1. The quantitative estimate of drug-likeness (QED) is 0.760. The molecule has 0 saturated heterocycles. The Bertz CT molecular complexity index is 374. The molecule has 0 heterocycles. The van der Waals surface area contributed by atoms with Crippen molar-refractivity contribution >= 4 is 0 Å². The van der Waals surface area contributed by atoms with Crippen LogP contribution in [0.5, 0.6) is 0 Å². The van der Waals surface area contributed by atoms with Gasteiger partial charge in [-0.1, -0.05) is 12.1 Å². The van der Waals surface area contributed by atoms with E-state index in [1.54, 1.807) is 7.11 Å². The van der Waals surface area contributed by atoms with Crippen LogP contribution in [0.4, 0.5) is 8.78 Å². The van der Waals surface area contributed by atoms with Crippen molar-refractivity contribution in [1.29, 1.82) is 0 Å². The van der Waals surface area contributed by atoms with Crippen LogP contribution in [0.15, 0.2) is 18.2 Å². The second-order valence-electron chi connectivity index (χ2n) is 4.36. The Labute approximate surface area is 107 Å². The lowest BCUT2D eigenvalue weighted by molar-refractivity contribution is 0.177. The van der Waals surface area contributed by atoms with Crippen LogP contribution in [-0.4, -0.2) is 38.8 Å². The third kappa shape index (κ3) is 4.33. The largest absolute Gasteiger partial charge is 0.385 e. The van der Waals surface area contributed by atoms with Gasteiger partial charge in [-0.15, -0.1) is 0 Å². The fourth-order valence-electron chi connectivity index (χ4n) is 1.81. The predicted octanol–water partition coefficient (Wildman–Crippen LogP) is 1.93. The summed E-state index contributed by atoms with van der Waals surface area (Å²) in [6.07, 6.45) is 0.880. The zero-order valence-electron chi connectivity index (χ0n) is 10.8. The first-order chi connectivity index (χ1) is 8.56. The molecule has 0 aromatic heterocycles. The van der Waals surface area contributed by atoms with E-state index in [1.165, 1.54) is 12.1 Å². The van der Waals surface area contributed by atoms with Gasteiger partial charge in [0, 0.05) is 38.4 Å². The Morgan fingerprint density at radius 1 is 1.39 bits per heavy atom. The molecular formula is C13H20F2N2O. The van der Waals surface area contributed by atoms with E-state index in [0.717, 1.165) is 19.0 Å². The van der Waals surface area contributed by atoms with Gasteiger partial charge in [0.2, 0.25) is 0 Å². The molecule has 102 valence electrons. The molecule has 5 heteroatoms. The first-order valence-electron chi connectivity index (χ1n) is 5.93. The van der Waals surface area contributed by atoms with Gasteiger partial charge in [0.05, 0.1) is 0 Å². The van der Waals surface area contributed by atoms with Crippen LogP contribution in [0.2, 0.25) is 0 Å². The van der Waals surface area contributed by atoms with Crippen LogP contribution in [0.3, 0.4) is 0 Å². The standard InChI is InChI=1S/C13H20F2N2O/c1-17(7-4-8-18-2)9-12(16)10-5-3-6-11(14)13(10)15/h3,5-6,12H,4,7-9,16H2,1-2H3. The van der Waals surface area contributed by atoms with E-state index in [4.69, 9.17) is 10.5 Å². The van der Waals surface area contributed by atoms with E-state index in [9.17, 15) is 8.78 Å². The molecule has 1 atom stereocenters. The molecule has 0 saturated carbocycles. The van der Waals surface area contributed by atoms with Gasteiger partial charge in [-0.3, -0.25) is 0 Å². The number of hydrogen-bond acceptors (Lipinski definition) is 3. The zero-order valence-corrected chi connectivity index (χ0v) is 10.8. The lowest BCUT2D eigenvalue weighted by Crippen LogP contribution is -2.31. The van der Waals surface area contributed by atoms with E-state index in [2.05, 4.69) is 0 Å². The molecule has 0 aliphatic heterocycles.